The molecule has 9 heteroatoms. The average molecular weight is 605 g/mol. The Labute approximate surface area is 260 Å². The molecule has 2 bridgehead atoms. The van der Waals surface area contributed by atoms with Crippen molar-refractivity contribution in [2.75, 3.05) is 19.7 Å². The van der Waals surface area contributed by atoms with Gasteiger partial charge in [0.2, 0.25) is 5.91 Å². The van der Waals surface area contributed by atoms with Crippen molar-refractivity contribution in [3.63, 3.8) is 0 Å². The first kappa shape index (κ1) is 31.2. The standard InChI is InChI=1S/C35H48N4O5/c1-20-28-15-26(35(28,3)4)16-29(20)38-34(43)32-31(21(2)41)30(19-40)44-39(32)18-22-7-5-8-23(13-22)24-9-6-10-25(14-24)33(42)37-27-11-12-36-17-27/h5-10,13-14,20-21,26-32,36,40-41H,11-12,15-19H2,1-4H3,(H,37,42)(H,38,43)/t20-,21-,26-,27-,28+,29-,30-,31+,32-/m0/s1. The number of hydrogen-bond acceptors (Lipinski definition) is 7. The second-order valence-electron chi connectivity index (χ2n) is 14.2. The van der Waals surface area contributed by atoms with Crippen molar-refractivity contribution < 1.29 is 24.6 Å². The molecule has 9 nitrogen and oxygen atoms in total. The Kier molecular flexibility index (Phi) is 8.87. The van der Waals surface area contributed by atoms with Crippen LogP contribution in [0.25, 0.3) is 11.1 Å². The highest BCUT2D eigenvalue weighted by Gasteiger charge is 2.57. The zero-order chi connectivity index (χ0) is 31.2. The minimum absolute atomic E-state index is 0.0802. The van der Waals surface area contributed by atoms with E-state index in [0.29, 0.717) is 35.3 Å². The molecule has 5 aliphatic rings. The van der Waals surface area contributed by atoms with E-state index in [2.05, 4.69) is 36.7 Å². The van der Waals surface area contributed by atoms with E-state index in [1.807, 2.05) is 48.5 Å². The molecule has 0 aromatic heterocycles. The van der Waals surface area contributed by atoms with Gasteiger partial charge in [0.15, 0.2) is 0 Å². The number of nitrogens with one attached hydrogen (secondary N) is 3. The predicted molar refractivity (Wildman–Crippen MR) is 168 cm³/mol. The second-order valence-corrected chi connectivity index (χ2v) is 14.2. The number of carbonyl (C=O) groups excluding carboxylic acids is 2. The van der Waals surface area contributed by atoms with Gasteiger partial charge in [-0.15, -0.1) is 0 Å². The van der Waals surface area contributed by atoms with E-state index in [-0.39, 0.29) is 30.5 Å². The van der Waals surface area contributed by atoms with E-state index in [9.17, 15) is 19.8 Å². The fourth-order valence-electron chi connectivity index (χ4n) is 8.40. The molecule has 0 spiro atoms. The maximum Gasteiger partial charge on any atom is 0.251 e. The van der Waals surface area contributed by atoms with Crippen molar-refractivity contribution in [1.29, 1.82) is 0 Å². The zero-order valence-electron chi connectivity index (χ0n) is 26.3. The van der Waals surface area contributed by atoms with E-state index in [1.165, 1.54) is 6.42 Å². The Balaban J connectivity index is 1.19. The van der Waals surface area contributed by atoms with Crippen molar-refractivity contribution in [3.05, 3.63) is 59.7 Å². The van der Waals surface area contributed by atoms with Crippen LogP contribution in [0.15, 0.2) is 48.5 Å². The molecule has 238 valence electrons. The molecule has 2 aliphatic heterocycles. The van der Waals surface area contributed by atoms with Gasteiger partial charge in [0, 0.05) is 30.1 Å². The third kappa shape index (κ3) is 5.93. The van der Waals surface area contributed by atoms with Gasteiger partial charge in [-0.05, 0) is 90.8 Å². The van der Waals surface area contributed by atoms with Crippen LogP contribution in [0.4, 0.5) is 0 Å². The second kappa shape index (κ2) is 12.5. The molecule has 2 amide bonds. The lowest BCUT2D eigenvalue weighted by Crippen LogP contribution is -2.62. The van der Waals surface area contributed by atoms with Crippen LogP contribution in [-0.4, -0.2) is 77.1 Å². The lowest BCUT2D eigenvalue weighted by molar-refractivity contribution is -0.183. The third-order valence-corrected chi connectivity index (χ3v) is 11.2. The fourth-order valence-corrected chi connectivity index (χ4v) is 8.40. The van der Waals surface area contributed by atoms with Gasteiger partial charge in [-0.1, -0.05) is 51.1 Å². The predicted octanol–water partition coefficient (Wildman–Crippen LogP) is 3.11. The molecule has 5 fully saturated rings. The van der Waals surface area contributed by atoms with Crippen LogP contribution >= 0.6 is 0 Å². The smallest absolute Gasteiger partial charge is 0.251 e. The highest BCUT2D eigenvalue weighted by Crippen LogP contribution is 2.61. The Morgan fingerprint density at radius 1 is 1.11 bits per heavy atom. The molecule has 7 rings (SSSR count). The van der Waals surface area contributed by atoms with Gasteiger partial charge in [0.25, 0.3) is 5.91 Å². The fraction of sp³-hybridized carbons (Fsp3) is 0.600. The van der Waals surface area contributed by atoms with Crippen LogP contribution in [0.2, 0.25) is 0 Å². The summed E-state index contributed by atoms with van der Waals surface area (Å²) in [6.45, 7) is 10.3. The van der Waals surface area contributed by atoms with Crippen molar-refractivity contribution >= 4 is 11.8 Å². The number of carbonyl (C=O) groups is 2. The molecule has 3 saturated carbocycles. The number of aliphatic hydroxyl groups excluding tert-OH is 2. The number of hydroxylamine groups is 2. The molecule has 3 aliphatic carbocycles. The van der Waals surface area contributed by atoms with E-state index in [0.717, 1.165) is 42.6 Å². The SMILES string of the molecule is C[C@@H]1[C@@H](NC(=O)[C@@H]2[C@H]([C@H](C)O)[C@H](CO)ON2Cc2cccc(-c3cccc(C(=O)N[C@H]4CCNC4)c3)c2)C[C@@H]2C[C@H]1C2(C)C. The molecular formula is C35H48N4O5. The number of nitrogens with zero attached hydrogens (tertiary/aromatic N) is 1. The van der Waals surface area contributed by atoms with Crippen LogP contribution in [0.3, 0.4) is 0 Å². The first-order valence-electron chi connectivity index (χ1n) is 16.3. The van der Waals surface area contributed by atoms with Gasteiger partial charge >= 0.3 is 0 Å². The lowest BCUT2D eigenvalue weighted by Gasteiger charge is -2.62. The number of hydrogen-bond donors (Lipinski definition) is 5. The topological polar surface area (TPSA) is 123 Å². The maximum absolute atomic E-state index is 14.0. The summed E-state index contributed by atoms with van der Waals surface area (Å²) in [6.07, 6.45) is 1.59. The monoisotopic (exact) mass is 604 g/mol. The Morgan fingerprint density at radius 2 is 1.86 bits per heavy atom. The molecule has 2 heterocycles. The number of rotatable bonds is 9. The van der Waals surface area contributed by atoms with Crippen molar-refractivity contribution in [3.8, 4) is 11.1 Å². The number of fused-ring (bicyclic) bond motifs is 2. The first-order valence-corrected chi connectivity index (χ1v) is 16.3. The molecule has 9 atom stereocenters. The van der Waals surface area contributed by atoms with Gasteiger partial charge in [-0.2, -0.15) is 5.06 Å². The van der Waals surface area contributed by atoms with Gasteiger partial charge in [-0.3, -0.25) is 14.4 Å². The summed E-state index contributed by atoms with van der Waals surface area (Å²) in [7, 11) is 0. The van der Waals surface area contributed by atoms with Crippen molar-refractivity contribution in [2.24, 2.45) is 29.1 Å². The summed E-state index contributed by atoms with van der Waals surface area (Å²) >= 11 is 0. The first-order chi connectivity index (χ1) is 21.1. The maximum atomic E-state index is 14.0. The molecule has 5 N–H and O–H groups in total. The highest BCUT2D eigenvalue weighted by atomic mass is 16.7. The molecule has 2 aromatic rings. The van der Waals surface area contributed by atoms with Crippen LogP contribution in [0.1, 0.15) is 62.9 Å². The van der Waals surface area contributed by atoms with Crippen LogP contribution in [-0.2, 0) is 16.2 Å². The molecule has 0 unspecified atom stereocenters. The van der Waals surface area contributed by atoms with Crippen LogP contribution in [0, 0.1) is 29.1 Å². The van der Waals surface area contributed by atoms with Crippen molar-refractivity contribution in [1.82, 2.24) is 21.0 Å². The molecular weight excluding hydrogens is 556 g/mol. The molecule has 44 heavy (non-hydrogen) atoms. The number of aliphatic hydroxyl groups is 2. The van der Waals surface area contributed by atoms with Gasteiger partial charge < -0.3 is 26.2 Å². The van der Waals surface area contributed by atoms with Gasteiger partial charge in [-0.25, -0.2) is 0 Å². The molecule has 0 radical (unpaired) electrons. The number of amides is 2. The minimum Gasteiger partial charge on any atom is -0.394 e. The van der Waals surface area contributed by atoms with Crippen molar-refractivity contribution in [2.45, 2.75) is 83.8 Å². The third-order valence-electron chi connectivity index (χ3n) is 11.2. The quantitative estimate of drug-likeness (QED) is 0.298. The van der Waals surface area contributed by atoms with Crippen LogP contribution in [0.5, 0.6) is 0 Å². The normalized spacial score (nSPS) is 33.4. The zero-order valence-corrected chi connectivity index (χ0v) is 26.3. The van der Waals surface area contributed by atoms with E-state index < -0.39 is 24.2 Å². The Morgan fingerprint density at radius 3 is 2.52 bits per heavy atom. The Hall–Kier alpha value is -2.82. The van der Waals surface area contributed by atoms with E-state index >= 15 is 0 Å². The largest absolute Gasteiger partial charge is 0.394 e. The average Bonchev–Trinajstić information content (AvgIpc) is 3.65. The Bertz CT molecular complexity index is 1360. The summed E-state index contributed by atoms with van der Waals surface area (Å²) in [5.41, 5.74) is 3.72. The van der Waals surface area contributed by atoms with Gasteiger partial charge in [0.05, 0.1) is 19.3 Å². The summed E-state index contributed by atoms with van der Waals surface area (Å²) < 4.78 is 0. The van der Waals surface area contributed by atoms with Crippen LogP contribution < -0.4 is 16.0 Å². The molecule has 2 saturated heterocycles. The van der Waals surface area contributed by atoms with Gasteiger partial charge in [0.1, 0.15) is 12.1 Å². The highest BCUT2D eigenvalue weighted by molar-refractivity contribution is 5.95. The lowest BCUT2D eigenvalue weighted by atomic mass is 9.45. The molecule has 2 aromatic carbocycles. The summed E-state index contributed by atoms with van der Waals surface area (Å²) in [6, 6.07) is 15.1. The summed E-state index contributed by atoms with van der Waals surface area (Å²) in [5, 5.41) is 32.3. The number of benzene rings is 2. The van der Waals surface area contributed by atoms with E-state index in [1.54, 1.807) is 12.0 Å². The summed E-state index contributed by atoms with van der Waals surface area (Å²) in [4.78, 5) is 33.0. The minimum atomic E-state index is -0.843. The van der Waals surface area contributed by atoms with E-state index in [4.69, 9.17) is 4.84 Å². The summed E-state index contributed by atoms with van der Waals surface area (Å²) in [5.74, 6) is 0.761.